The zero-order valence-electron chi connectivity index (χ0n) is 17.1. The highest BCUT2D eigenvalue weighted by atomic mass is 16.7. The van der Waals surface area contributed by atoms with E-state index in [-0.39, 0.29) is 23.3 Å². The van der Waals surface area contributed by atoms with Gasteiger partial charge in [0, 0.05) is 24.2 Å². The third-order valence-electron chi connectivity index (χ3n) is 10.7. The minimum atomic E-state index is -0.340. The Morgan fingerprint density at radius 2 is 1.63 bits per heavy atom. The number of hydrogen-bond acceptors (Lipinski definition) is 4. The fourth-order valence-corrected chi connectivity index (χ4v) is 9.51. The van der Waals surface area contributed by atoms with Crippen LogP contribution in [0, 0.1) is 39.9 Å². The fourth-order valence-electron chi connectivity index (χ4n) is 9.51. The van der Waals surface area contributed by atoms with Gasteiger partial charge < -0.3 is 14.2 Å². The lowest BCUT2D eigenvalue weighted by molar-refractivity contribution is -0.252. The van der Waals surface area contributed by atoms with Crippen molar-refractivity contribution in [3.05, 3.63) is 0 Å². The zero-order chi connectivity index (χ0) is 18.7. The van der Waals surface area contributed by atoms with Crippen molar-refractivity contribution in [3.63, 3.8) is 0 Å². The summed E-state index contributed by atoms with van der Waals surface area (Å²) in [7, 11) is 0. The van der Waals surface area contributed by atoms with Crippen molar-refractivity contribution in [1.82, 2.24) is 0 Å². The molecular formula is C23H34O4. The average Bonchev–Trinajstić information content (AvgIpc) is 2.89. The first-order chi connectivity index (χ1) is 12.9. The van der Waals surface area contributed by atoms with E-state index in [1.807, 2.05) is 0 Å². The van der Waals surface area contributed by atoms with Crippen LogP contribution >= 0.6 is 0 Å². The lowest BCUT2D eigenvalue weighted by atomic mass is 9.46. The van der Waals surface area contributed by atoms with E-state index in [2.05, 4.69) is 13.8 Å². The van der Waals surface area contributed by atoms with Crippen molar-refractivity contribution < 1.29 is 19.0 Å². The predicted molar refractivity (Wildman–Crippen MR) is 99.7 cm³/mol. The van der Waals surface area contributed by atoms with E-state index in [4.69, 9.17) is 14.2 Å². The molecule has 4 nitrogen and oxygen atoms in total. The van der Waals surface area contributed by atoms with Gasteiger partial charge in [-0.15, -0.1) is 0 Å². The summed E-state index contributed by atoms with van der Waals surface area (Å²) in [6.45, 7) is 8.09. The third kappa shape index (κ3) is 1.82. The van der Waals surface area contributed by atoms with Crippen LogP contribution in [0.15, 0.2) is 0 Å². The summed E-state index contributed by atoms with van der Waals surface area (Å²) in [4.78, 5) is 12.0. The summed E-state index contributed by atoms with van der Waals surface area (Å²) in [5.41, 5.74) is 0.771. The normalized spacial score (nSPS) is 56.9. The third-order valence-corrected chi connectivity index (χ3v) is 10.7. The van der Waals surface area contributed by atoms with E-state index in [1.54, 1.807) is 6.92 Å². The standard InChI is InChI=1S/C23H34O4/c1-14(24)27-19-12-16-17(20(2)7-4-15-13-22(15,19)20)5-8-21(3)18(16)6-9-23(21)25-10-11-26-23/h15-19H,4-13H2,1-3H3. The molecule has 5 saturated carbocycles. The monoisotopic (exact) mass is 374 g/mol. The van der Waals surface area contributed by atoms with Gasteiger partial charge in [-0.3, -0.25) is 4.79 Å². The molecule has 2 spiro atoms. The van der Waals surface area contributed by atoms with Crippen LogP contribution in [0.3, 0.4) is 0 Å². The number of ether oxygens (including phenoxy) is 3. The minimum absolute atomic E-state index is 0.0864. The molecule has 0 aromatic heterocycles. The summed E-state index contributed by atoms with van der Waals surface area (Å²) >= 11 is 0. The number of carbonyl (C=O) groups is 1. The van der Waals surface area contributed by atoms with Crippen LogP contribution in [0.2, 0.25) is 0 Å². The zero-order valence-corrected chi connectivity index (χ0v) is 17.1. The summed E-state index contributed by atoms with van der Waals surface area (Å²) in [5, 5.41) is 0. The summed E-state index contributed by atoms with van der Waals surface area (Å²) in [6.07, 6.45) is 9.95. The Morgan fingerprint density at radius 3 is 2.33 bits per heavy atom. The van der Waals surface area contributed by atoms with Crippen LogP contribution in [0.1, 0.15) is 72.1 Å². The van der Waals surface area contributed by atoms with E-state index in [0.29, 0.717) is 22.7 Å². The van der Waals surface area contributed by atoms with Gasteiger partial charge in [0.1, 0.15) is 6.10 Å². The molecule has 0 aromatic carbocycles. The van der Waals surface area contributed by atoms with Crippen LogP contribution in [-0.4, -0.2) is 31.1 Å². The average molecular weight is 375 g/mol. The highest BCUT2D eigenvalue weighted by Gasteiger charge is 2.79. The largest absolute Gasteiger partial charge is 0.462 e. The summed E-state index contributed by atoms with van der Waals surface area (Å²) in [5.74, 6) is 2.45. The molecule has 8 unspecified atom stereocenters. The molecule has 27 heavy (non-hydrogen) atoms. The Hall–Kier alpha value is -0.610. The molecular weight excluding hydrogens is 340 g/mol. The maximum absolute atomic E-state index is 12.0. The molecule has 6 rings (SSSR count). The second-order valence-electron chi connectivity index (χ2n) is 11.1. The molecule has 1 aliphatic heterocycles. The van der Waals surface area contributed by atoms with Gasteiger partial charge in [-0.05, 0) is 74.0 Å². The SMILES string of the molecule is CC(=O)OC1CC2C3CCC4(OCCO4)C3(C)CCC2C2(C)CCC3CC312. The Labute approximate surface area is 162 Å². The topological polar surface area (TPSA) is 44.8 Å². The van der Waals surface area contributed by atoms with Gasteiger partial charge >= 0.3 is 5.97 Å². The number of carbonyl (C=O) groups excluding carboxylic acids is 1. The van der Waals surface area contributed by atoms with E-state index in [9.17, 15) is 4.79 Å². The number of fused-ring (bicyclic) bond motifs is 5. The van der Waals surface area contributed by atoms with E-state index in [0.717, 1.165) is 37.9 Å². The van der Waals surface area contributed by atoms with E-state index in [1.165, 1.54) is 38.5 Å². The van der Waals surface area contributed by atoms with Crippen LogP contribution in [0.5, 0.6) is 0 Å². The molecule has 6 fully saturated rings. The van der Waals surface area contributed by atoms with Gasteiger partial charge in [0.25, 0.3) is 0 Å². The Balaban J connectivity index is 1.39. The number of hydrogen-bond donors (Lipinski definition) is 0. The smallest absolute Gasteiger partial charge is 0.302 e. The molecule has 0 N–H and O–H groups in total. The van der Waals surface area contributed by atoms with Crippen LogP contribution in [0.25, 0.3) is 0 Å². The van der Waals surface area contributed by atoms with E-state index < -0.39 is 0 Å². The van der Waals surface area contributed by atoms with Crippen LogP contribution < -0.4 is 0 Å². The Kier molecular flexibility index (Phi) is 3.26. The second kappa shape index (κ2) is 5.11. The van der Waals surface area contributed by atoms with Gasteiger partial charge in [-0.2, -0.15) is 0 Å². The van der Waals surface area contributed by atoms with Crippen molar-refractivity contribution in [2.24, 2.45) is 39.9 Å². The Morgan fingerprint density at radius 1 is 0.963 bits per heavy atom. The fraction of sp³-hybridized carbons (Fsp3) is 0.957. The lowest BCUT2D eigenvalue weighted by Crippen LogP contribution is -2.59. The highest BCUT2D eigenvalue weighted by Crippen LogP contribution is 2.82. The van der Waals surface area contributed by atoms with Crippen LogP contribution in [0.4, 0.5) is 0 Å². The van der Waals surface area contributed by atoms with Gasteiger partial charge in [0.05, 0.1) is 13.2 Å². The van der Waals surface area contributed by atoms with Crippen molar-refractivity contribution in [3.8, 4) is 0 Å². The molecule has 0 amide bonds. The van der Waals surface area contributed by atoms with Crippen LogP contribution in [-0.2, 0) is 19.0 Å². The molecule has 1 heterocycles. The number of esters is 1. The van der Waals surface area contributed by atoms with Gasteiger partial charge in [-0.25, -0.2) is 0 Å². The molecule has 6 aliphatic rings. The van der Waals surface area contributed by atoms with Crippen molar-refractivity contribution >= 4 is 5.97 Å². The quantitative estimate of drug-likeness (QED) is 0.642. The highest BCUT2D eigenvalue weighted by molar-refractivity contribution is 5.66. The summed E-state index contributed by atoms with van der Waals surface area (Å²) < 4.78 is 18.6. The molecule has 8 atom stereocenters. The molecule has 0 aromatic rings. The molecule has 4 heteroatoms. The molecule has 0 radical (unpaired) electrons. The maximum atomic E-state index is 12.0. The van der Waals surface area contributed by atoms with Gasteiger partial charge in [0.15, 0.2) is 5.79 Å². The van der Waals surface area contributed by atoms with Gasteiger partial charge in [0.2, 0.25) is 0 Å². The first-order valence-corrected chi connectivity index (χ1v) is 11.3. The van der Waals surface area contributed by atoms with Gasteiger partial charge in [-0.1, -0.05) is 13.8 Å². The lowest BCUT2D eigenvalue weighted by Gasteiger charge is -2.61. The minimum Gasteiger partial charge on any atom is -0.462 e. The molecule has 150 valence electrons. The first kappa shape index (κ1) is 17.3. The Bertz CT molecular complexity index is 684. The maximum Gasteiger partial charge on any atom is 0.302 e. The van der Waals surface area contributed by atoms with E-state index >= 15 is 0 Å². The van der Waals surface area contributed by atoms with Crippen molar-refractivity contribution in [2.45, 2.75) is 84.0 Å². The molecule has 0 bridgehead atoms. The van der Waals surface area contributed by atoms with Crippen molar-refractivity contribution in [1.29, 1.82) is 0 Å². The van der Waals surface area contributed by atoms with Crippen molar-refractivity contribution in [2.75, 3.05) is 13.2 Å². The molecule has 1 saturated heterocycles. The summed E-state index contributed by atoms with van der Waals surface area (Å²) in [6, 6.07) is 0. The molecule has 5 aliphatic carbocycles. The first-order valence-electron chi connectivity index (χ1n) is 11.3. The number of rotatable bonds is 1. The second-order valence-corrected chi connectivity index (χ2v) is 11.1. The predicted octanol–water partition coefficient (Wildman–Crippen LogP) is 4.31.